The van der Waals surface area contributed by atoms with Crippen LogP contribution in [0.1, 0.15) is 42.2 Å². The fourth-order valence-corrected chi connectivity index (χ4v) is 3.22. The molecule has 0 bridgehead atoms. The second-order valence-electron chi connectivity index (χ2n) is 5.96. The number of thiazole rings is 1. The number of aromatic nitrogens is 1. The van der Waals surface area contributed by atoms with Gasteiger partial charge in [0.2, 0.25) is 0 Å². The van der Waals surface area contributed by atoms with Crippen LogP contribution in [0.15, 0.2) is 31.0 Å². The molecule has 0 atom stereocenters. The smallest absolute Gasteiger partial charge is 0.123 e. The van der Waals surface area contributed by atoms with E-state index in [1.54, 1.807) is 11.3 Å². The predicted molar refractivity (Wildman–Crippen MR) is 88.0 cm³/mol. The van der Waals surface area contributed by atoms with Gasteiger partial charge >= 0.3 is 0 Å². The second-order valence-corrected chi connectivity index (χ2v) is 7.19. The van der Waals surface area contributed by atoms with Gasteiger partial charge in [0.25, 0.3) is 0 Å². The molecule has 1 fully saturated rings. The fourth-order valence-electron chi connectivity index (χ4n) is 2.47. The normalized spacial score (nSPS) is 14.5. The molecule has 0 aliphatic heterocycles. The van der Waals surface area contributed by atoms with Gasteiger partial charge in [0.05, 0.1) is 0 Å². The summed E-state index contributed by atoms with van der Waals surface area (Å²) in [5, 5.41) is 1.12. The van der Waals surface area contributed by atoms with Crippen LogP contribution in [0.3, 0.4) is 0 Å². The number of aryl methyl sites for hydroxylation is 2. The van der Waals surface area contributed by atoms with E-state index in [0.717, 1.165) is 16.5 Å². The van der Waals surface area contributed by atoms with Gasteiger partial charge in [-0.1, -0.05) is 31.1 Å². The lowest BCUT2D eigenvalue weighted by atomic mass is 9.98. The van der Waals surface area contributed by atoms with Gasteiger partial charge in [0.15, 0.2) is 0 Å². The molecule has 0 radical (unpaired) electrons. The van der Waals surface area contributed by atoms with Crippen LogP contribution in [0, 0.1) is 12.8 Å². The summed E-state index contributed by atoms with van der Waals surface area (Å²) in [5.74, 6) is 0.981. The molecule has 3 rings (SSSR count). The molecular formula is C18H21NS. The first kappa shape index (κ1) is 13.6. The van der Waals surface area contributed by atoms with E-state index < -0.39 is 0 Å². The van der Waals surface area contributed by atoms with Gasteiger partial charge in [-0.25, -0.2) is 4.98 Å². The SMILES string of the molecule is C=C(C)c1cc(CCC2CC2)cc(-c2ncc(C)s2)c1. The van der Waals surface area contributed by atoms with E-state index in [4.69, 9.17) is 0 Å². The van der Waals surface area contributed by atoms with Crippen molar-refractivity contribution < 1.29 is 0 Å². The molecule has 2 heteroatoms. The highest BCUT2D eigenvalue weighted by molar-refractivity contribution is 7.14. The molecule has 1 heterocycles. The molecule has 1 aromatic carbocycles. The van der Waals surface area contributed by atoms with Crippen molar-refractivity contribution in [3.63, 3.8) is 0 Å². The van der Waals surface area contributed by atoms with Crippen molar-refractivity contribution in [3.8, 4) is 10.6 Å². The van der Waals surface area contributed by atoms with Crippen molar-refractivity contribution in [3.05, 3.63) is 47.0 Å². The summed E-state index contributed by atoms with van der Waals surface area (Å²) in [7, 11) is 0. The van der Waals surface area contributed by atoms with Crippen LogP contribution in [0.4, 0.5) is 0 Å². The van der Waals surface area contributed by atoms with E-state index in [2.05, 4.69) is 43.6 Å². The minimum atomic E-state index is 0.981. The maximum absolute atomic E-state index is 4.52. The summed E-state index contributed by atoms with van der Waals surface area (Å²) in [4.78, 5) is 5.79. The van der Waals surface area contributed by atoms with Gasteiger partial charge < -0.3 is 0 Å². The van der Waals surface area contributed by atoms with Crippen LogP contribution >= 0.6 is 11.3 Å². The first-order valence-electron chi connectivity index (χ1n) is 7.34. The summed E-state index contributed by atoms with van der Waals surface area (Å²) < 4.78 is 0. The largest absolute Gasteiger partial charge is 0.244 e. The summed E-state index contributed by atoms with van der Waals surface area (Å²) in [5.41, 5.74) is 5.06. The van der Waals surface area contributed by atoms with E-state index in [0.29, 0.717) is 0 Å². The van der Waals surface area contributed by atoms with E-state index in [1.165, 1.54) is 47.3 Å². The standard InChI is InChI=1S/C18H21NS/c1-12(2)16-8-15(7-6-14-4-5-14)9-17(10-16)18-19-11-13(3)20-18/h8-11,14H,1,4-7H2,2-3H3. The minimum Gasteiger partial charge on any atom is -0.244 e. The third-order valence-electron chi connectivity index (χ3n) is 3.89. The van der Waals surface area contributed by atoms with E-state index in [-0.39, 0.29) is 0 Å². The minimum absolute atomic E-state index is 0.981. The lowest BCUT2D eigenvalue weighted by molar-refractivity contribution is 0.727. The summed E-state index contributed by atoms with van der Waals surface area (Å²) in [6, 6.07) is 6.84. The third kappa shape index (κ3) is 3.18. The summed E-state index contributed by atoms with van der Waals surface area (Å²) in [6.45, 7) is 8.29. The molecule has 20 heavy (non-hydrogen) atoms. The summed E-state index contributed by atoms with van der Waals surface area (Å²) in [6.07, 6.45) is 7.33. The van der Waals surface area contributed by atoms with Crippen LogP contribution in [0.2, 0.25) is 0 Å². The van der Waals surface area contributed by atoms with Crippen LogP contribution in [0.25, 0.3) is 16.1 Å². The second kappa shape index (κ2) is 5.53. The van der Waals surface area contributed by atoms with Crippen molar-refractivity contribution in [2.45, 2.75) is 39.5 Å². The van der Waals surface area contributed by atoms with Gasteiger partial charge in [-0.2, -0.15) is 0 Å². The van der Waals surface area contributed by atoms with Gasteiger partial charge in [-0.05, 0) is 55.9 Å². The first-order chi connectivity index (χ1) is 9.61. The van der Waals surface area contributed by atoms with E-state index in [1.807, 2.05) is 6.20 Å². The zero-order chi connectivity index (χ0) is 14.1. The van der Waals surface area contributed by atoms with E-state index >= 15 is 0 Å². The Morgan fingerprint density at radius 2 is 2.15 bits per heavy atom. The zero-order valence-corrected chi connectivity index (χ0v) is 13.1. The quantitative estimate of drug-likeness (QED) is 0.706. The average Bonchev–Trinajstić information content (AvgIpc) is 3.16. The Balaban J connectivity index is 1.92. The van der Waals surface area contributed by atoms with Crippen LogP contribution < -0.4 is 0 Å². The highest BCUT2D eigenvalue weighted by Gasteiger charge is 2.20. The van der Waals surface area contributed by atoms with Crippen molar-refractivity contribution in [2.75, 3.05) is 0 Å². The number of hydrogen-bond donors (Lipinski definition) is 0. The highest BCUT2D eigenvalue weighted by Crippen LogP contribution is 2.35. The lowest BCUT2D eigenvalue weighted by Crippen LogP contribution is -1.91. The molecule has 104 valence electrons. The van der Waals surface area contributed by atoms with Crippen LogP contribution in [0.5, 0.6) is 0 Å². The van der Waals surface area contributed by atoms with Crippen LogP contribution in [-0.2, 0) is 6.42 Å². The maximum atomic E-state index is 4.52. The van der Waals surface area contributed by atoms with Gasteiger partial charge in [0, 0.05) is 16.6 Å². The molecular weight excluding hydrogens is 262 g/mol. The zero-order valence-electron chi connectivity index (χ0n) is 12.3. The fraction of sp³-hybridized carbons (Fsp3) is 0.389. The van der Waals surface area contributed by atoms with Crippen molar-refractivity contribution in [1.82, 2.24) is 4.98 Å². The molecule has 1 aliphatic carbocycles. The molecule has 1 aliphatic rings. The number of benzene rings is 1. The Hall–Kier alpha value is -1.41. The Morgan fingerprint density at radius 1 is 1.35 bits per heavy atom. The Morgan fingerprint density at radius 3 is 2.75 bits per heavy atom. The molecule has 0 saturated heterocycles. The van der Waals surface area contributed by atoms with Crippen molar-refractivity contribution in [2.24, 2.45) is 5.92 Å². The van der Waals surface area contributed by atoms with Gasteiger partial charge in [0.1, 0.15) is 5.01 Å². The number of allylic oxidation sites excluding steroid dienone is 1. The van der Waals surface area contributed by atoms with E-state index in [9.17, 15) is 0 Å². The first-order valence-corrected chi connectivity index (χ1v) is 8.16. The van der Waals surface area contributed by atoms with Gasteiger partial charge in [-0.15, -0.1) is 11.3 Å². The molecule has 1 aromatic heterocycles. The maximum Gasteiger partial charge on any atom is 0.123 e. The van der Waals surface area contributed by atoms with Crippen LogP contribution in [-0.4, -0.2) is 4.98 Å². The molecule has 0 spiro atoms. The molecule has 1 nitrogen and oxygen atoms in total. The number of nitrogens with zero attached hydrogens (tertiary/aromatic N) is 1. The molecule has 0 amide bonds. The van der Waals surface area contributed by atoms with Crippen molar-refractivity contribution >= 4 is 16.9 Å². The van der Waals surface area contributed by atoms with Crippen molar-refractivity contribution in [1.29, 1.82) is 0 Å². The lowest BCUT2D eigenvalue weighted by Gasteiger charge is -2.08. The molecule has 0 N–H and O–H groups in total. The Kier molecular flexibility index (Phi) is 3.75. The Bertz CT molecular complexity index is 635. The molecule has 1 saturated carbocycles. The molecule has 2 aromatic rings. The molecule has 0 unspecified atom stereocenters. The Labute approximate surface area is 125 Å². The predicted octanol–water partition coefficient (Wildman–Crippen LogP) is 5.49. The third-order valence-corrected chi connectivity index (χ3v) is 4.85. The summed E-state index contributed by atoms with van der Waals surface area (Å²) >= 11 is 1.77. The topological polar surface area (TPSA) is 12.9 Å². The average molecular weight is 283 g/mol. The number of hydrogen-bond acceptors (Lipinski definition) is 2. The number of rotatable bonds is 5. The highest BCUT2D eigenvalue weighted by atomic mass is 32.1. The van der Waals surface area contributed by atoms with Gasteiger partial charge in [-0.3, -0.25) is 0 Å². The monoisotopic (exact) mass is 283 g/mol.